The Balaban J connectivity index is 1.71. The number of benzene rings is 2. The molecule has 1 unspecified atom stereocenters. The normalized spacial score (nSPS) is 19.9. The van der Waals surface area contributed by atoms with Gasteiger partial charge in [0.05, 0.1) is 37.5 Å². The van der Waals surface area contributed by atoms with Gasteiger partial charge in [0, 0.05) is 26.2 Å². The summed E-state index contributed by atoms with van der Waals surface area (Å²) in [6, 6.07) is 13.4. The first-order valence-corrected chi connectivity index (χ1v) is 12.1. The molecule has 0 radical (unpaired) electrons. The Labute approximate surface area is 211 Å². The Hall–Kier alpha value is -3.62. The highest BCUT2D eigenvalue weighted by molar-refractivity contribution is 6.46. The monoisotopic (exact) mass is 492 g/mol. The summed E-state index contributed by atoms with van der Waals surface area (Å²) in [6.45, 7) is 8.24. The maximum atomic E-state index is 13.3. The van der Waals surface area contributed by atoms with E-state index in [1.807, 2.05) is 12.1 Å². The van der Waals surface area contributed by atoms with Crippen LogP contribution >= 0.6 is 0 Å². The molecule has 2 aromatic carbocycles. The summed E-state index contributed by atoms with van der Waals surface area (Å²) in [5.41, 5.74) is 1.07. The third kappa shape index (κ3) is 5.45. The van der Waals surface area contributed by atoms with Gasteiger partial charge in [-0.25, -0.2) is 0 Å². The number of hydrogen-bond acceptors (Lipinski definition) is 7. The lowest BCUT2D eigenvalue weighted by molar-refractivity contribution is -0.140. The van der Waals surface area contributed by atoms with E-state index in [-0.39, 0.29) is 11.3 Å². The molecule has 2 fully saturated rings. The maximum absolute atomic E-state index is 13.3. The van der Waals surface area contributed by atoms with Crippen molar-refractivity contribution >= 4 is 17.4 Å². The molecule has 2 aromatic rings. The summed E-state index contributed by atoms with van der Waals surface area (Å²) in [6.07, 6.45) is 2.33. The van der Waals surface area contributed by atoms with Gasteiger partial charge in [0.25, 0.3) is 11.7 Å². The molecule has 8 heteroatoms. The van der Waals surface area contributed by atoms with Gasteiger partial charge >= 0.3 is 0 Å². The summed E-state index contributed by atoms with van der Waals surface area (Å²) >= 11 is 0. The van der Waals surface area contributed by atoms with E-state index in [1.165, 1.54) is 7.11 Å². The molecule has 36 heavy (non-hydrogen) atoms. The van der Waals surface area contributed by atoms with Gasteiger partial charge < -0.3 is 24.2 Å². The molecule has 0 aromatic heterocycles. The number of nitrogens with zero attached hydrogens (tertiary/aromatic N) is 2. The van der Waals surface area contributed by atoms with Gasteiger partial charge in [-0.05, 0) is 36.2 Å². The Morgan fingerprint density at radius 1 is 1.14 bits per heavy atom. The van der Waals surface area contributed by atoms with E-state index >= 15 is 0 Å². The highest BCUT2D eigenvalue weighted by atomic mass is 16.5. The minimum atomic E-state index is -0.758. The van der Waals surface area contributed by atoms with Gasteiger partial charge in [-0.1, -0.05) is 36.9 Å². The molecule has 1 atom stereocenters. The molecule has 190 valence electrons. The van der Waals surface area contributed by atoms with Crippen molar-refractivity contribution in [1.29, 1.82) is 0 Å². The number of amides is 1. The predicted molar refractivity (Wildman–Crippen MR) is 136 cm³/mol. The number of aliphatic hydroxyl groups excluding tert-OH is 1. The largest absolute Gasteiger partial charge is 0.507 e. The number of rotatable bonds is 10. The number of morpholine rings is 1. The van der Waals surface area contributed by atoms with Crippen molar-refractivity contribution in [2.75, 3.05) is 53.1 Å². The lowest BCUT2D eigenvalue weighted by Gasteiger charge is -2.29. The van der Waals surface area contributed by atoms with E-state index in [4.69, 9.17) is 14.2 Å². The molecule has 0 spiro atoms. The lowest BCUT2D eigenvalue weighted by Crippen LogP contribution is -2.38. The van der Waals surface area contributed by atoms with Crippen molar-refractivity contribution < 1.29 is 28.9 Å². The number of likely N-dealkylation sites (tertiary alicyclic amines) is 1. The number of aliphatic hydroxyl groups is 1. The van der Waals surface area contributed by atoms with Crippen molar-refractivity contribution in [3.05, 3.63) is 77.9 Å². The molecule has 0 saturated carbocycles. The lowest BCUT2D eigenvalue weighted by atomic mass is 9.94. The van der Waals surface area contributed by atoms with Crippen molar-refractivity contribution in [3.8, 4) is 11.5 Å². The van der Waals surface area contributed by atoms with Crippen molar-refractivity contribution in [2.45, 2.75) is 12.5 Å². The average molecular weight is 493 g/mol. The fourth-order valence-corrected chi connectivity index (χ4v) is 4.66. The van der Waals surface area contributed by atoms with E-state index in [0.717, 1.165) is 19.6 Å². The SMILES string of the molecule is C=CCOc1cccc(C2/C(=C(\O)c3ccccc3OC)C(=O)C(=O)N2CCCN2CCOCC2)c1. The minimum Gasteiger partial charge on any atom is -0.507 e. The molecule has 2 aliphatic heterocycles. The third-order valence-corrected chi connectivity index (χ3v) is 6.42. The summed E-state index contributed by atoms with van der Waals surface area (Å²) in [5, 5.41) is 11.3. The first-order valence-electron chi connectivity index (χ1n) is 12.1. The van der Waals surface area contributed by atoms with E-state index in [0.29, 0.717) is 55.4 Å². The Morgan fingerprint density at radius 2 is 1.92 bits per heavy atom. The van der Waals surface area contributed by atoms with Gasteiger partial charge in [0.2, 0.25) is 0 Å². The van der Waals surface area contributed by atoms with Crippen LogP contribution in [0.3, 0.4) is 0 Å². The number of Topliss-reactive ketones (excluding diaryl/α,β-unsaturated/α-hetero) is 1. The van der Waals surface area contributed by atoms with Crippen molar-refractivity contribution in [3.63, 3.8) is 0 Å². The molecule has 2 saturated heterocycles. The number of carbonyl (C=O) groups is 2. The fourth-order valence-electron chi connectivity index (χ4n) is 4.66. The fraction of sp³-hybridized carbons (Fsp3) is 0.357. The van der Waals surface area contributed by atoms with Crippen LogP contribution in [0.4, 0.5) is 0 Å². The molecular formula is C28H32N2O6. The Kier molecular flexibility index (Phi) is 8.40. The summed E-state index contributed by atoms with van der Waals surface area (Å²) < 4.78 is 16.5. The molecular weight excluding hydrogens is 460 g/mol. The van der Waals surface area contributed by atoms with Crippen LogP contribution in [0.1, 0.15) is 23.6 Å². The summed E-state index contributed by atoms with van der Waals surface area (Å²) in [5.74, 6) is -0.606. The zero-order chi connectivity index (χ0) is 25.5. The first-order chi connectivity index (χ1) is 17.5. The zero-order valence-corrected chi connectivity index (χ0v) is 20.5. The van der Waals surface area contributed by atoms with Crippen LogP contribution in [-0.2, 0) is 14.3 Å². The Bertz CT molecular complexity index is 1140. The van der Waals surface area contributed by atoms with Gasteiger partial charge in [-0.2, -0.15) is 0 Å². The standard InChI is InChI=1S/C28H32N2O6/c1-3-16-36-21-9-6-8-20(19-21)25-24(26(31)22-10-4-5-11-23(22)34-2)27(32)28(33)30(25)13-7-12-29-14-17-35-18-15-29/h3-6,8-11,19,25,31H,1,7,12-18H2,2H3/b26-24+. The number of ether oxygens (including phenoxy) is 3. The average Bonchev–Trinajstić information content (AvgIpc) is 3.17. The van der Waals surface area contributed by atoms with Crippen LogP contribution in [0.2, 0.25) is 0 Å². The van der Waals surface area contributed by atoms with Crippen LogP contribution in [0.5, 0.6) is 11.5 Å². The van der Waals surface area contributed by atoms with Gasteiger partial charge in [0.15, 0.2) is 0 Å². The predicted octanol–water partition coefficient (Wildman–Crippen LogP) is 3.40. The second-order valence-corrected chi connectivity index (χ2v) is 8.67. The molecule has 4 rings (SSSR count). The van der Waals surface area contributed by atoms with Crippen LogP contribution in [0, 0.1) is 0 Å². The number of ketones is 1. The maximum Gasteiger partial charge on any atom is 0.295 e. The molecule has 1 N–H and O–H groups in total. The van der Waals surface area contributed by atoms with Crippen LogP contribution in [0.25, 0.3) is 5.76 Å². The molecule has 1 amide bonds. The van der Waals surface area contributed by atoms with Crippen molar-refractivity contribution in [2.24, 2.45) is 0 Å². The summed E-state index contributed by atoms with van der Waals surface area (Å²) in [7, 11) is 1.49. The zero-order valence-electron chi connectivity index (χ0n) is 20.5. The molecule has 2 aliphatic rings. The minimum absolute atomic E-state index is 0.0387. The Morgan fingerprint density at radius 3 is 2.67 bits per heavy atom. The first kappa shape index (κ1) is 25.5. The van der Waals surface area contributed by atoms with E-state index in [9.17, 15) is 14.7 Å². The third-order valence-electron chi connectivity index (χ3n) is 6.42. The highest BCUT2D eigenvalue weighted by Crippen LogP contribution is 2.41. The topological polar surface area (TPSA) is 88.5 Å². The smallest absolute Gasteiger partial charge is 0.295 e. The number of carbonyl (C=O) groups excluding carboxylic acids is 2. The molecule has 0 bridgehead atoms. The quantitative estimate of drug-likeness (QED) is 0.235. The molecule has 0 aliphatic carbocycles. The summed E-state index contributed by atoms with van der Waals surface area (Å²) in [4.78, 5) is 30.4. The second kappa shape index (κ2) is 11.9. The molecule has 2 heterocycles. The molecule has 8 nitrogen and oxygen atoms in total. The van der Waals surface area contributed by atoms with Crippen LogP contribution in [0.15, 0.2) is 66.8 Å². The number of hydrogen-bond donors (Lipinski definition) is 1. The van der Waals surface area contributed by atoms with E-state index in [2.05, 4.69) is 11.5 Å². The highest BCUT2D eigenvalue weighted by Gasteiger charge is 2.46. The number of para-hydroxylation sites is 1. The van der Waals surface area contributed by atoms with E-state index in [1.54, 1.807) is 47.4 Å². The van der Waals surface area contributed by atoms with Gasteiger partial charge in [0.1, 0.15) is 23.9 Å². The van der Waals surface area contributed by atoms with Crippen LogP contribution < -0.4 is 9.47 Å². The number of methoxy groups -OCH3 is 1. The van der Waals surface area contributed by atoms with Gasteiger partial charge in [-0.3, -0.25) is 14.5 Å². The second-order valence-electron chi connectivity index (χ2n) is 8.67. The van der Waals surface area contributed by atoms with Gasteiger partial charge in [-0.15, -0.1) is 0 Å². The van der Waals surface area contributed by atoms with E-state index < -0.39 is 17.7 Å². The van der Waals surface area contributed by atoms with Crippen molar-refractivity contribution in [1.82, 2.24) is 9.80 Å². The van der Waals surface area contributed by atoms with Crippen LogP contribution in [-0.4, -0.2) is 79.7 Å².